The van der Waals surface area contributed by atoms with Gasteiger partial charge in [0.1, 0.15) is 12.9 Å². The van der Waals surface area contributed by atoms with Gasteiger partial charge in [-0.15, -0.1) is 0 Å². The normalized spacial score (nSPS) is 19.5. The standard InChI is InChI=1S/C12H12BrNO2/c13-10-6-11(12(14)16-8-10)15-7-9-4-2-1-3-5-9/h1-6,8,12H,7,14H2. The Bertz CT molecular complexity index is 414. The van der Waals surface area contributed by atoms with E-state index in [9.17, 15) is 0 Å². The van der Waals surface area contributed by atoms with Gasteiger partial charge in [0.05, 0.1) is 4.48 Å². The van der Waals surface area contributed by atoms with Crippen molar-refractivity contribution in [3.8, 4) is 0 Å². The van der Waals surface area contributed by atoms with E-state index in [4.69, 9.17) is 15.2 Å². The predicted molar refractivity (Wildman–Crippen MR) is 65.4 cm³/mol. The molecule has 0 fully saturated rings. The largest absolute Gasteiger partial charge is 0.488 e. The summed E-state index contributed by atoms with van der Waals surface area (Å²) in [5.41, 5.74) is 6.82. The number of halogens is 1. The zero-order chi connectivity index (χ0) is 11.4. The van der Waals surface area contributed by atoms with Crippen molar-refractivity contribution in [2.45, 2.75) is 12.8 Å². The van der Waals surface area contributed by atoms with Crippen LogP contribution in [0.3, 0.4) is 0 Å². The summed E-state index contributed by atoms with van der Waals surface area (Å²) in [5.74, 6) is 0.623. The Morgan fingerprint density at radius 3 is 2.81 bits per heavy atom. The molecule has 1 heterocycles. The number of rotatable bonds is 3. The SMILES string of the molecule is NC1OC=C(Br)C=C1OCc1ccccc1. The molecule has 0 spiro atoms. The van der Waals surface area contributed by atoms with Crippen LogP contribution in [0, 0.1) is 0 Å². The van der Waals surface area contributed by atoms with Crippen LogP contribution in [0.15, 0.2) is 52.9 Å². The van der Waals surface area contributed by atoms with E-state index in [1.54, 1.807) is 6.26 Å². The molecule has 16 heavy (non-hydrogen) atoms. The fraction of sp³-hybridized carbons (Fsp3) is 0.167. The molecule has 0 radical (unpaired) electrons. The Balaban J connectivity index is 1.98. The third-order valence-electron chi connectivity index (χ3n) is 2.14. The third kappa shape index (κ3) is 2.87. The number of nitrogens with two attached hydrogens (primary N) is 1. The van der Waals surface area contributed by atoms with Crippen LogP contribution < -0.4 is 5.73 Å². The first kappa shape index (κ1) is 11.2. The molecule has 0 aliphatic carbocycles. The molecule has 1 atom stereocenters. The van der Waals surface area contributed by atoms with Crippen LogP contribution in [0.5, 0.6) is 0 Å². The van der Waals surface area contributed by atoms with Crippen molar-refractivity contribution in [1.82, 2.24) is 0 Å². The zero-order valence-electron chi connectivity index (χ0n) is 8.60. The molecule has 2 rings (SSSR count). The van der Waals surface area contributed by atoms with Crippen molar-refractivity contribution in [3.63, 3.8) is 0 Å². The molecule has 1 aromatic carbocycles. The van der Waals surface area contributed by atoms with Crippen LogP contribution in [-0.2, 0) is 16.1 Å². The average molecular weight is 282 g/mol. The van der Waals surface area contributed by atoms with Crippen LogP contribution in [-0.4, -0.2) is 6.23 Å². The van der Waals surface area contributed by atoms with Crippen molar-refractivity contribution in [3.05, 3.63) is 58.5 Å². The molecular formula is C12H12BrNO2. The van der Waals surface area contributed by atoms with Crippen LogP contribution in [0.25, 0.3) is 0 Å². The van der Waals surface area contributed by atoms with Crippen molar-refractivity contribution < 1.29 is 9.47 Å². The molecule has 1 aliphatic heterocycles. The molecule has 2 N–H and O–H groups in total. The summed E-state index contributed by atoms with van der Waals surface area (Å²) in [5, 5.41) is 0. The molecule has 1 unspecified atom stereocenters. The minimum atomic E-state index is -0.523. The van der Waals surface area contributed by atoms with Gasteiger partial charge in [-0.05, 0) is 27.6 Å². The first-order valence-electron chi connectivity index (χ1n) is 4.91. The molecule has 4 heteroatoms. The molecule has 0 amide bonds. The minimum absolute atomic E-state index is 0.490. The van der Waals surface area contributed by atoms with E-state index >= 15 is 0 Å². The van der Waals surface area contributed by atoms with Crippen LogP contribution in [0.2, 0.25) is 0 Å². The van der Waals surface area contributed by atoms with Gasteiger partial charge >= 0.3 is 0 Å². The van der Waals surface area contributed by atoms with Crippen LogP contribution in [0.4, 0.5) is 0 Å². The van der Waals surface area contributed by atoms with E-state index in [-0.39, 0.29) is 0 Å². The lowest BCUT2D eigenvalue weighted by molar-refractivity contribution is 0.0800. The summed E-state index contributed by atoms with van der Waals surface area (Å²) in [7, 11) is 0. The van der Waals surface area contributed by atoms with Crippen LogP contribution in [0.1, 0.15) is 5.56 Å². The topological polar surface area (TPSA) is 44.5 Å². The number of allylic oxidation sites excluding steroid dienone is 2. The van der Waals surface area contributed by atoms with E-state index < -0.39 is 6.23 Å². The number of ether oxygens (including phenoxy) is 2. The summed E-state index contributed by atoms with van der Waals surface area (Å²) in [6.07, 6.45) is 2.85. The molecule has 0 aromatic heterocycles. The van der Waals surface area contributed by atoms with E-state index in [0.29, 0.717) is 12.4 Å². The first-order chi connectivity index (χ1) is 7.75. The van der Waals surface area contributed by atoms with Gasteiger partial charge in [-0.1, -0.05) is 30.3 Å². The monoisotopic (exact) mass is 281 g/mol. The van der Waals surface area contributed by atoms with E-state index in [0.717, 1.165) is 10.0 Å². The maximum absolute atomic E-state index is 5.72. The van der Waals surface area contributed by atoms with Gasteiger partial charge in [-0.25, -0.2) is 0 Å². The minimum Gasteiger partial charge on any atom is -0.488 e. The molecule has 84 valence electrons. The van der Waals surface area contributed by atoms with Gasteiger partial charge in [0.25, 0.3) is 0 Å². The fourth-order valence-electron chi connectivity index (χ4n) is 1.32. The molecular weight excluding hydrogens is 270 g/mol. The maximum atomic E-state index is 5.72. The highest BCUT2D eigenvalue weighted by atomic mass is 79.9. The van der Waals surface area contributed by atoms with Gasteiger partial charge in [-0.3, -0.25) is 5.73 Å². The third-order valence-corrected chi connectivity index (χ3v) is 2.55. The van der Waals surface area contributed by atoms with Crippen LogP contribution >= 0.6 is 15.9 Å². The Hall–Kier alpha value is -1.26. The second-order valence-electron chi connectivity index (χ2n) is 3.38. The van der Waals surface area contributed by atoms with Gasteiger partial charge in [-0.2, -0.15) is 0 Å². The zero-order valence-corrected chi connectivity index (χ0v) is 10.2. The molecule has 0 saturated heterocycles. The highest BCUT2D eigenvalue weighted by Crippen LogP contribution is 2.20. The predicted octanol–water partition coefficient (Wildman–Crippen LogP) is 2.64. The van der Waals surface area contributed by atoms with Gasteiger partial charge in [0.2, 0.25) is 6.23 Å². The lowest BCUT2D eigenvalue weighted by Gasteiger charge is -2.20. The smallest absolute Gasteiger partial charge is 0.205 e. The Morgan fingerprint density at radius 2 is 2.06 bits per heavy atom. The fourth-order valence-corrected chi connectivity index (χ4v) is 1.66. The van der Waals surface area contributed by atoms with Crippen molar-refractivity contribution in [1.29, 1.82) is 0 Å². The summed E-state index contributed by atoms with van der Waals surface area (Å²) < 4.78 is 11.6. The molecule has 1 aliphatic rings. The first-order valence-corrected chi connectivity index (χ1v) is 5.70. The Kier molecular flexibility index (Phi) is 3.64. The van der Waals surface area contributed by atoms with E-state index in [2.05, 4.69) is 15.9 Å². The van der Waals surface area contributed by atoms with Crippen molar-refractivity contribution in [2.24, 2.45) is 5.73 Å². The molecule has 0 saturated carbocycles. The average Bonchev–Trinajstić information content (AvgIpc) is 2.32. The molecule has 3 nitrogen and oxygen atoms in total. The van der Waals surface area contributed by atoms with E-state index in [1.807, 2.05) is 36.4 Å². The second-order valence-corrected chi connectivity index (χ2v) is 4.30. The summed E-state index contributed by atoms with van der Waals surface area (Å²) in [4.78, 5) is 0. The number of hydrogen-bond donors (Lipinski definition) is 1. The quantitative estimate of drug-likeness (QED) is 0.926. The Morgan fingerprint density at radius 1 is 1.31 bits per heavy atom. The van der Waals surface area contributed by atoms with Gasteiger partial charge < -0.3 is 9.47 Å². The van der Waals surface area contributed by atoms with E-state index in [1.165, 1.54) is 0 Å². The molecule has 0 bridgehead atoms. The summed E-state index contributed by atoms with van der Waals surface area (Å²) in [6.45, 7) is 0.490. The highest BCUT2D eigenvalue weighted by molar-refractivity contribution is 9.11. The second kappa shape index (κ2) is 5.18. The number of benzene rings is 1. The van der Waals surface area contributed by atoms with Crippen molar-refractivity contribution >= 4 is 15.9 Å². The Labute approximate surface area is 103 Å². The number of hydrogen-bond acceptors (Lipinski definition) is 3. The van der Waals surface area contributed by atoms with Gasteiger partial charge in [0, 0.05) is 0 Å². The lowest BCUT2D eigenvalue weighted by atomic mass is 10.2. The van der Waals surface area contributed by atoms with Gasteiger partial charge in [0.15, 0.2) is 5.76 Å². The lowest BCUT2D eigenvalue weighted by Crippen LogP contribution is -2.27. The summed E-state index contributed by atoms with van der Waals surface area (Å²) >= 11 is 3.31. The molecule has 1 aromatic rings. The van der Waals surface area contributed by atoms with Crippen molar-refractivity contribution in [2.75, 3.05) is 0 Å². The maximum Gasteiger partial charge on any atom is 0.205 e. The highest BCUT2D eigenvalue weighted by Gasteiger charge is 2.15. The summed E-state index contributed by atoms with van der Waals surface area (Å²) in [6, 6.07) is 9.92.